The zero-order valence-corrected chi connectivity index (χ0v) is 20.1. The van der Waals surface area contributed by atoms with Crippen LogP contribution < -0.4 is 0 Å². The smallest absolute Gasteiger partial charge is 0.196 e. The Morgan fingerprint density at radius 1 is 0.844 bits per heavy atom. The maximum Gasteiger partial charge on any atom is 0.196 e. The van der Waals surface area contributed by atoms with Crippen molar-refractivity contribution in [2.24, 2.45) is 0 Å². The Balaban J connectivity index is 0.00000227. The Bertz CT molecular complexity index is 991. The van der Waals surface area contributed by atoms with Gasteiger partial charge in [0.25, 0.3) is 0 Å². The molecule has 0 heterocycles. The Labute approximate surface area is 189 Å². The average Bonchev–Trinajstić information content (AvgIpc) is 2.84. The molecule has 0 radical (unpaired) electrons. The van der Waals surface area contributed by atoms with Crippen LogP contribution >= 0.6 is 0 Å². The van der Waals surface area contributed by atoms with Gasteiger partial charge < -0.3 is 4.74 Å². The van der Waals surface area contributed by atoms with Gasteiger partial charge in [-0.05, 0) is 38.5 Å². The molecule has 0 spiro atoms. The predicted octanol–water partition coefficient (Wildman–Crippen LogP) is 8.66. The van der Waals surface area contributed by atoms with Crippen LogP contribution in [0, 0.1) is 30.4 Å². The fourth-order valence-corrected chi connectivity index (χ4v) is 2.50. The lowest BCUT2D eigenvalue weighted by Gasteiger charge is -2.11. The summed E-state index contributed by atoms with van der Waals surface area (Å²) in [5.41, 5.74) is 0.900. The van der Waals surface area contributed by atoms with E-state index >= 15 is 0 Å². The lowest BCUT2D eigenvalue weighted by molar-refractivity contribution is 0.275. The molecule has 0 saturated carbocycles. The van der Waals surface area contributed by atoms with Gasteiger partial charge in [-0.3, -0.25) is 0 Å². The highest BCUT2D eigenvalue weighted by Gasteiger charge is 2.21. The van der Waals surface area contributed by atoms with E-state index in [0.29, 0.717) is 5.56 Å². The van der Waals surface area contributed by atoms with Gasteiger partial charge in [-0.1, -0.05) is 70.2 Å². The van der Waals surface area contributed by atoms with E-state index in [9.17, 15) is 17.6 Å². The van der Waals surface area contributed by atoms with E-state index in [1.807, 2.05) is 46.8 Å². The van der Waals surface area contributed by atoms with E-state index in [1.165, 1.54) is 33.1 Å². The first-order valence-electron chi connectivity index (χ1n) is 10.7. The largest absolute Gasteiger partial charge is 0.498 e. The van der Waals surface area contributed by atoms with Gasteiger partial charge in [-0.25, -0.2) is 17.6 Å². The van der Waals surface area contributed by atoms with Crippen LogP contribution in [0.1, 0.15) is 70.2 Å². The molecule has 0 unspecified atom stereocenters. The van der Waals surface area contributed by atoms with Gasteiger partial charge in [0.05, 0.1) is 12.7 Å². The van der Waals surface area contributed by atoms with Crippen molar-refractivity contribution in [3.63, 3.8) is 0 Å². The molecule has 0 fully saturated rings. The second-order valence-corrected chi connectivity index (χ2v) is 6.13. The quantitative estimate of drug-likeness (QED) is 0.197. The van der Waals surface area contributed by atoms with Gasteiger partial charge in [0.2, 0.25) is 0 Å². The van der Waals surface area contributed by atoms with Gasteiger partial charge in [-0.2, -0.15) is 0 Å². The molecule has 0 aliphatic carbocycles. The number of rotatable bonds is 4. The van der Waals surface area contributed by atoms with E-state index < -0.39 is 23.3 Å². The first kappa shape index (κ1) is 29.0. The zero-order valence-electron chi connectivity index (χ0n) is 20.1. The van der Waals surface area contributed by atoms with Crippen molar-refractivity contribution in [1.29, 1.82) is 0 Å². The Hall–Kier alpha value is -3.00. The summed E-state index contributed by atoms with van der Waals surface area (Å²) in [4.78, 5) is 0. The number of halogens is 4. The van der Waals surface area contributed by atoms with E-state index in [2.05, 4.69) is 16.6 Å². The van der Waals surface area contributed by atoms with Gasteiger partial charge in [0.15, 0.2) is 23.3 Å². The van der Waals surface area contributed by atoms with Gasteiger partial charge in [0.1, 0.15) is 5.76 Å². The summed E-state index contributed by atoms with van der Waals surface area (Å²) in [6.45, 7) is 12.7. The second kappa shape index (κ2) is 14.9. The molecule has 2 aromatic rings. The molecule has 174 valence electrons. The molecular weight excluding hydrogens is 416 g/mol. The predicted molar refractivity (Wildman–Crippen MR) is 125 cm³/mol. The molecule has 0 aliphatic heterocycles. The number of allylic oxidation sites excluding steroid dienone is 4. The SMILES string of the molecule is CC.CC.CC/C(=C(F)\C(F)=C(/C)OC)c1ccc(C#Cc2ccc(C)cc2)c(F)c1F. The number of hydrogen-bond donors (Lipinski definition) is 0. The molecule has 32 heavy (non-hydrogen) atoms. The van der Waals surface area contributed by atoms with Crippen molar-refractivity contribution < 1.29 is 22.3 Å². The zero-order chi connectivity index (χ0) is 24.8. The topological polar surface area (TPSA) is 9.23 Å². The van der Waals surface area contributed by atoms with Crippen LogP contribution in [0.25, 0.3) is 5.57 Å². The number of methoxy groups -OCH3 is 1. The summed E-state index contributed by atoms with van der Waals surface area (Å²) in [5, 5.41) is 0. The molecule has 1 nitrogen and oxygen atoms in total. The van der Waals surface area contributed by atoms with Gasteiger partial charge >= 0.3 is 0 Å². The highest BCUT2D eigenvalue weighted by Crippen LogP contribution is 2.32. The number of hydrogen-bond acceptors (Lipinski definition) is 1. The third-order valence-corrected chi connectivity index (χ3v) is 4.23. The molecule has 0 amide bonds. The van der Waals surface area contributed by atoms with Crippen LogP contribution in [-0.4, -0.2) is 7.11 Å². The lowest BCUT2D eigenvalue weighted by atomic mass is 9.99. The maximum atomic E-state index is 14.6. The minimum Gasteiger partial charge on any atom is -0.498 e. The summed E-state index contributed by atoms with van der Waals surface area (Å²) in [6, 6.07) is 9.70. The average molecular weight is 449 g/mol. The number of aryl methyl sites for hydroxylation is 1. The molecule has 2 rings (SSSR count). The van der Waals surface area contributed by atoms with Crippen molar-refractivity contribution in [3.8, 4) is 11.8 Å². The standard InChI is InChI=1S/C23H20F4O.2C2H6/c1-5-18(22(26)20(24)15(3)28-4)19-13-12-17(21(25)23(19)27)11-10-16-8-6-14(2)7-9-16;2*1-2/h6-9,12-13H,5H2,1-4H3;2*1-2H3/b20-15-,22-18-;;. The van der Waals surface area contributed by atoms with Crippen LogP contribution in [0.4, 0.5) is 17.6 Å². The summed E-state index contributed by atoms with van der Waals surface area (Å²) in [5.74, 6) is 0.0391. The highest BCUT2D eigenvalue weighted by atomic mass is 19.2. The first-order chi connectivity index (χ1) is 15.3. The molecule has 5 heteroatoms. The highest BCUT2D eigenvalue weighted by molar-refractivity contribution is 5.71. The third-order valence-electron chi connectivity index (χ3n) is 4.23. The fraction of sp³-hybridized carbons (Fsp3) is 0.333. The van der Waals surface area contributed by atoms with Crippen molar-refractivity contribution >= 4 is 5.57 Å². The van der Waals surface area contributed by atoms with E-state index in [0.717, 1.165) is 5.56 Å². The Kier molecular flexibility index (Phi) is 13.5. The van der Waals surface area contributed by atoms with Crippen LogP contribution in [-0.2, 0) is 4.74 Å². The molecule has 0 N–H and O–H groups in total. The monoisotopic (exact) mass is 448 g/mol. The number of benzene rings is 2. The van der Waals surface area contributed by atoms with Crippen LogP contribution in [0.5, 0.6) is 0 Å². The van der Waals surface area contributed by atoms with Gasteiger partial charge in [-0.15, -0.1) is 0 Å². The fourth-order valence-electron chi connectivity index (χ4n) is 2.50. The minimum atomic E-state index is -1.28. The molecule has 0 aromatic heterocycles. The molecule has 0 bridgehead atoms. The lowest BCUT2D eigenvalue weighted by Crippen LogP contribution is -2.00. The molecule has 0 saturated heterocycles. The van der Waals surface area contributed by atoms with Crippen molar-refractivity contribution in [2.45, 2.75) is 54.9 Å². The van der Waals surface area contributed by atoms with Crippen molar-refractivity contribution in [2.75, 3.05) is 7.11 Å². The summed E-state index contributed by atoms with van der Waals surface area (Å²) in [6.07, 6.45) is -0.0407. The van der Waals surface area contributed by atoms with Gasteiger partial charge in [0, 0.05) is 16.7 Å². The van der Waals surface area contributed by atoms with Crippen molar-refractivity contribution in [1.82, 2.24) is 0 Å². The van der Waals surface area contributed by atoms with Crippen molar-refractivity contribution in [3.05, 3.63) is 87.7 Å². The minimum absolute atomic E-state index is 0.0407. The molecular formula is C27H32F4O. The normalized spacial score (nSPS) is 11.4. The molecule has 0 aliphatic rings. The summed E-state index contributed by atoms with van der Waals surface area (Å²) >= 11 is 0. The van der Waals surface area contributed by atoms with Crippen LogP contribution in [0.2, 0.25) is 0 Å². The molecule has 2 aromatic carbocycles. The van der Waals surface area contributed by atoms with E-state index in [-0.39, 0.29) is 28.9 Å². The number of ether oxygens (including phenoxy) is 1. The van der Waals surface area contributed by atoms with E-state index in [1.54, 1.807) is 12.1 Å². The Morgan fingerprint density at radius 2 is 1.41 bits per heavy atom. The van der Waals surface area contributed by atoms with Crippen LogP contribution in [0.3, 0.4) is 0 Å². The second-order valence-electron chi connectivity index (χ2n) is 6.13. The first-order valence-corrected chi connectivity index (χ1v) is 10.7. The summed E-state index contributed by atoms with van der Waals surface area (Å²) in [7, 11) is 1.19. The Morgan fingerprint density at radius 3 is 1.91 bits per heavy atom. The maximum absolute atomic E-state index is 14.6. The third kappa shape index (κ3) is 7.60. The summed E-state index contributed by atoms with van der Waals surface area (Å²) < 4.78 is 62.2. The van der Waals surface area contributed by atoms with Crippen LogP contribution in [0.15, 0.2) is 53.8 Å². The van der Waals surface area contributed by atoms with E-state index in [4.69, 9.17) is 0 Å². The molecule has 0 atom stereocenters.